The molecule has 0 atom stereocenters. The fourth-order valence-electron chi connectivity index (χ4n) is 1.09. The van der Waals surface area contributed by atoms with Gasteiger partial charge in [0.1, 0.15) is 0 Å². The quantitative estimate of drug-likeness (QED) is 0.534. The average molecular weight is 150 g/mol. The summed E-state index contributed by atoms with van der Waals surface area (Å²) in [4.78, 5) is 0. The van der Waals surface area contributed by atoms with Crippen molar-refractivity contribution in [3.8, 4) is 0 Å². The summed E-state index contributed by atoms with van der Waals surface area (Å²) in [6.45, 7) is 10.1. The van der Waals surface area contributed by atoms with Crippen LogP contribution in [0.5, 0.6) is 0 Å². The number of allylic oxidation sites excluding steroid dienone is 5. The topological polar surface area (TPSA) is 0 Å². The molecule has 0 nitrogen and oxygen atoms in total. The van der Waals surface area contributed by atoms with Gasteiger partial charge in [0, 0.05) is 0 Å². The Labute approximate surface area is 70.3 Å². The number of rotatable bonds is 4. The van der Waals surface area contributed by atoms with Crippen LogP contribution in [0, 0.1) is 0 Å². The monoisotopic (exact) mass is 150 g/mol. The zero-order valence-corrected chi connectivity index (χ0v) is 7.85. The smallest absolute Gasteiger partial charge is 0.0279 e. The molecule has 11 heavy (non-hydrogen) atoms. The van der Waals surface area contributed by atoms with Crippen LogP contribution < -0.4 is 0 Å². The van der Waals surface area contributed by atoms with Crippen molar-refractivity contribution >= 4 is 0 Å². The highest BCUT2D eigenvalue weighted by molar-refractivity contribution is 5.30. The fraction of sp³-hybridized carbons (Fsp3) is 0.455. The van der Waals surface area contributed by atoms with E-state index in [1.54, 1.807) is 0 Å². The zero-order chi connectivity index (χ0) is 8.69. The molecule has 0 saturated heterocycles. The molecular weight excluding hydrogens is 132 g/mol. The van der Waals surface area contributed by atoms with E-state index in [9.17, 15) is 0 Å². The van der Waals surface area contributed by atoms with Gasteiger partial charge in [0.2, 0.25) is 0 Å². The SMILES string of the molecule is C=CC(CCC)=C(C)C=CC. The molecule has 0 unspecified atom stereocenters. The Balaban J connectivity index is 4.38. The highest BCUT2D eigenvalue weighted by Gasteiger charge is 1.92. The summed E-state index contributed by atoms with van der Waals surface area (Å²) >= 11 is 0. The minimum absolute atomic E-state index is 1.14. The van der Waals surface area contributed by atoms with E-state index < -0.39 is 0 Å². The predicted molar refractivity (Wildman–Crippen MR) is 52.6 cm³/mol. The summed E-state index contributed by atoms with van der Waals surface area (Å²) in [5.74, 6) is 0. The van der Waals surface area contributed by atoms with Crippen molar-refractivity contribution in [1.82, 2.24) is 0 Å². The maximum atomic E-state index is 3.79. The molecule has 0 bridgehead atoms. The number of hydrogen-bond acceptors (Lipinski definition) is 0. The lowest BCUT2D eigenvalue weighted by molar-refractivity contribution is 0.918. The van der Waals surface area contributed by atoms with Gasteiger partial charge >= 0.3 is 0 Å². The van der Waals surface area contributed by atoms with Crippen molar-refractivity contribution in [3.05, 3.63) is 36.0 Å². The van der Waals surface area contributed by atoms with Crippen LogP contribution in [0.15, 0.2) is 36.0 Å². The molecule has 0 heterocycles. The van der Waals surface area contributed by atoms with E-state index in [0.717, 1.165) is 6.42 Å². The third-order valence-electron chi connectivity index (χ3n) is 1.69. The van der Waals surface area contributed by atoms with Crippen molar-refractivity contribution in [2.75, 3.05) is 0 Å². The molecule has 0 aromatic carbocycles. The van der Waals surface area contributed by atoms with Gasteiger partial charge in [0.25, 0.3) is 0 Å². The Morgan fingerprint density at radius 1 is 1.45 bits per heavy atom. The van der Waals surface area contributed by atoms with E-state index in [1.165, 1.54) is 17.6 Å². The summed E-state index contributed by atoms with van der Waals surface area (Å²) in [5, 5.41) is 0. The molecule has 0 aliphatic heterocycles. The van der Waals surface area contributed by atoms with Crippen LogP contribution in [0.4, 0.5) is 0 Å². The molecule has 0 aromatic heterocycles. The molecule has 0 amide bonds. The van der Waals surface area contributed by atoms with Gasteiger partial charge in [-0.2, -0.15) is 0 Å². The Morgan fingerprint density at radius 2 is 2.09 bits per heavy atom. The molecule has 0 heteroatoms. The first-order valence-corrected chi connectivity index (χ1v) is 4.21. The van der Waals surface area contributed by atoms with E-state index in [0.29, 0.717) is 0 Å². The third-order valence-corrected chi connectivity index (χ3v) is 1.69. The summed E-state index contributed by atoms with van der Waals surface area (Å²) in [6, 6.07) is 0. The summed E-state index contributed by atoms with van der Waals surface area (Å²) < 4.78 is 0. The lowest BCUT2D eigenvalue weighted by Crippen LogP contribution is -1.81. The Bertz CT molecular complexity index is 170. The lowest BCUT2D eigenvalue weighted by atomic mass is 10.0. The first-order chi connectivity index (χ1) is 5.26. The lowest BCUT2D eigenvalue weighted by Gasteiger charge is -2.01. The van der Waals surface area contributed by atoms with Crippen LogP contribution >= 0.6 is 0 Å². The molecule has 0 rings (SSSR count). The van der Waals surface area contributed by atoms with Crippen LogP contribution in [0.2, 0.25) is 0 Å². The average Bonchev–Trinajstić information content (AvgIpc) is 2.00. The zero-order valence-electron chi connectivity index (χ0n) is 7.85. The normalized spacial score (nSPS) is 13.4. The van der Waals surface area contributed by atoms with Gasteiger partial charge in [-0.25, -0.2) is 0 Å². The van der Waals surface area contributed by atoms with Gasteiger partial charge in [-0.15, -0.1) is 0 Å². The van der Waals surface area contributed by atoms with Crippen LogP contribution in [-0.2, 0) is 0 Å². The molecule has 0 aliphatic rings. The van der Waals surface area contributed by atoms with Crippen molar-refractivity contribution in [2.24, 2.45) is 0 Å². The summed E-state index contributed by atoms with van der Waals surface area (Å²) in [7, 11) is 0. The highest BCUT2D eigenvalue weighted by Crippen LogP contribution is 2.12. The van der Waals surface area contributed by atoms with E-state index in [4.69, 9.17) is 0 Å². The molecule has 0 spiro atoms. The highest BCUT2D eigenvalue weighted by atomic mass is 14.0. The van der Waals surface area contributed by atoms with Crippen molar-refractivity contribution in [1.29, 1.82) is 0 Å². The predicted octanol–water partition coefficient (Wildman–Crippen LogP) is 3.87. The molecular formula is C11H18. The summed E-state index contributed by atoms with van der Waals surface area (Å²) in [5.41, 5.74) is 2.70. The van der Waals surface area contributed by atoms with Crippen molar-refractivity contribution in [2.45, 2.75) is 33.6 Å². The van der Waals surface area contributed by atoms with E-state index in [1.807, 2.05) is 13.0 Å². The Hall–Kier alpha value is -0.780. The van der Waals surface area contributed by atoms with Crippen LogP contribution in [0.3, 0.4) is 0 Å². The minimum Gasteiger partial charge on any atom is -0.0988 e. The third kappa shape index (κ3) is 3.82. The van der Waals surface area contributed by atoms with Gasteiger partial charge in [-0.1, -0.05) is 38.2 Å². The van der Waals surface area contributed by atoms with Gasteiger partial charge in [-0.05, 0) is 31.4 Å². The maximum absolute atomic E-state index is 3.79. The Kier molecular flexibility index (Phi) is 5.54. The van der Waals surface area contributed by atoms with Gasteiger partial charge in [0.05, 0.1) is 0 Å². The standard InChI is InChI=1S/C11H18/c1-5-8-10(4)11(7-3)9-6-2/h5,7-8H,3,6,9H2,1-2,4H3. The Morgan fingerprint density at radius 3 is 2.45 bits per heavy atom. The van der Waals surface area contributed by atoms with Crippen molar-refractivity contribution < 1.29 is 0 Å². The minimum atomic E-state index is 1.14. The second-order valence-corrected chi connectivity index (χ2v) is 2.66. The van der Waals surface area contributed by atoms with E-state index >= 15 is 0 Å². The van der Waals surface area contributed by atoms with Crippen molar-refractivity contribution in [3.63, 3.8) is 0 Å². The van der Waals surface area contributed by atoms with Gasteiger partial charge < -0.3 is 0 Å². The molecule has 0 fully saturated rings. The largest absolute Gasteiger partial charge is 0.0988 e. The van der Waals surface area contributed by atoms with Crippen LogP contribution in [0.1, 0.15) is 33.6 Å². The van der Waals surface area contributed by atoms with Crippen LogP contribution in [0.25, 0.3) is 0 Å². The molecule has 0 saturated carbocycles. The second-order valence-electron chi connectivity index (χ2n) is 2.66. The maximum Gasteiger partial charge on any atom is -0.0279 e. The second kappa shape index (κ2) is 5.96. The molecule has 0 N–H and O–H groups in total. The first kappa shape index (κ1) is 10.2. The fourth-order valence-corrected chi connectivity index (χ4v) is 1.09. The van der Waals surface area contributed by atoms with Gasteiger partial charge in [0.15, 0.2) is 0 Å². The van der Waals surface area contributed by atoms with E-state index in [-0.39, 0.29) is 0 Å². The first-order valence-electron chi connectivity index (χ1n) is 4.21. The number of hydrogen-bond donors (Lipinski definition) is 0. The molecule has 62 valence electrons. The molecule has 0 radical (unpaired) electrons. The van der Waals surface area contributed by atoms with E-state index in [2.05, 4.69) is 32.6 Å². The molecule has 0 aromatic rings. The van der Waals surface area contributed by atoms with Gasteiger partial charge in [-0.3, -0.25) is 0 Å². The van der Waals surface area contributed by atoms with Crippen LogP contribution in [-0.4, -0.2) is 0 Å². The molecule has 0 aliphatic carbocycles. The summed E-state index contributed by atoms with van der Waals surface area (Å²) in [6.07, 6.45) is 8.48.